The second kappa shape index (κ2) is 3.70. The molecule has 0 unspecified atom stereocenters. The molecule has 0 aliphatic heterocycles. The molecular weight excluding hydrogens is 197 g/mol. The Bertz CT molecular complexity index is 350. The van der Waals surface area contributed by atoms with E-state index >= 15 is 0 Å². The summed E-state index contributed by atoms with van der Waals surface area (Å²) in [6.07, 6.45) is -0.522. The van der Waals surface area contributed by atoms with Gasteiger partial charge in [0, 0.05) is 0 Å². The van der Waals surface area contributed by atoms with Crippen LogP contribution >= 0.6 is 0 Å². The van der Waals surface area contributed by atoms with E-state index in [1.807, 2.05) is 0 Å². The topological polar surface area (TPSA) is 38.9 Å². The Balaban J connectivity index is 2.75. The van der Waals surface area contributed by atoms with E-state index in [0.717, 1.165) is 0 Å². The summed E-state index contributed by atoms with van der Waals surface area (Å²) in [6.45, 7) is 1.60. The van der Waals surface area contributed by atoms with Gasteiger partial charge in [0.25, 0.3) is 0 Å². The molecule has 76 valence electrons. The van der Waals surface area contributed by atoms with Crippen LogP contribution in [0.5, 0.6) is 0 Å². The van der Waals surface area contributed by atoms with Crippen molar-refractivity contribution in [2.45, 2.75) is 25.4 Å². The first kappa shape index (κ1) is 10.6. The minimum Gasteiger partial charge on any atom is -0.339 e. The predicted octanol–water partition coefficient (Wildman–Crippen LogP) is 1.91. The van der Waals surface area contributed by atoms with Crippen molar-refractivity contribution in [1.82, 2.24) is 10.1 Å². The zero-order valence-electron chi connectivity index (χ0n) is 7.30. The van der Waals surface area contributed by atoms with E-state index in [1.165, 1.54) is 0 Å². The van der Waals surface area contributed by atoms with Gasteiger partial charge in [-0.2, -0.15) is 18.2 Å². The lowest BCUT2D eigenvalue weighted by atomic mass is 10.2. The molecule has 6 heteroatoms. The largest absolute Gasteiger partial charge is 0.397 e. The third kappa shape index (κ3) is 2.76. The highest BCUT2D eigenvalue weighted by Gasteiger charge is 2.31. The lowest BCUT2D eigenvalue weighted by molar-refractivity contribution is -0.131. The highest BCUT2D eigenvalue weighted by atomic mass is 19.4. The number of halogens is 3. The average Bonchev–Trinajstić information content (AvgIpc) is 2.48. The predicted molar refractivity (Wildman–Crippen MR) is 41.3 cm³/mol. The minimum atomic E-state index is -4.34. The standard InChI is InChI=1S/C8H7F3N2O/c1-3-5(2)7-12-6(14-13-7)4-8(9,10)11/h1,5H,4H2,2H3/t5-/m1/s1. The van der Waals surface area contributed by atoms with Crippen LogP contribution in [0.4, 0.5) is 13.2 Å². The maximum atomic E-state index is 11.9. The molecule has 0 aliphatic rings. The number of alkyl halides is 3. The van der Waals surface area contributed by atoms with Gasteiger partial charge < -0.3 is 4.52 Å². The maximum absolute atomic E-state index is 11.9. The van der Waals surface area contributed by atoms with Crippen molar-refractivity contribution in [1.29, 1.82) is 0 Å². The first-order valence-corrected chi connectivity index (χ1v) is 3.77. The first-order chi connectivity index (χ1) is 6.42. The lowest BCUT2D eigenvalue weighted by Crippen LogP contribution is -2.11. The lowest BCUT2D eigenvalue weighted by Gasteiger charge is -1.99. The van der Waals surface area contributed by atoms with E-state index < -0.39 is 24.4 Å². The molecule has 0 aliphatic carbocycles. The fourth-order valence-electron chi connectivity index (χ4n) is 0.762. The van der Waals surface area contributed by atoms with E-state index in [-0.39, 0.29) is 5.82 Å². The summed E-state index contributed by atoms with van der Waals surface area (Å²) in [5.74, 6) is 1.49. The third-order valence-corrected chi connectivity index (χ3v) is 1.47. The quantitative estimate of drug-likeness (QED) is 0.690. The smallest absolute Gasteiger partial charge is 0.339 e. The molecule has 0 spiro atoms. The van der Waals surface area contributed by atoms with Gasteiger partial charge in [0.1, 0.15) is 6.42 Å². The highest BCUT2D eigenvalue weighted by molar-refractivity contribution is 5.09. The Morgan fingerprint density at radius 1 is 1.57 bits per heavy atom. The Labute approximate surface area is 78.3 Å². The molecule has 0 saturated heterocycles. The van der Waals surface area contributed by atoms with Crippen LogP contribution in [-0.4, -0.2) is 16.3 Å². The molecule has 1 rings (SSSR count). The van der Waals surface area contributed by atoms with E-state index in [2.05, 4.69) is 20.6 Å². The molecule has 3 nitrogen and oxygen atoms in total. The van der Waals surface area contributed by atoms with Crippen molar-refractivity contribution in [3.05, 3.63) is 11.7 Å². The normalized spacial score (nSPS) is 13.6. The summed E-state index contributed by atoms with van der Waals surface area (Å²) >= 11 is 0. The minimum absolute atomic E-state index is 0.103. The van der Waals surface area contributed by atoms with Gasteiger partial charge in [0.05, 0.1) is 5.92 Å². The van der Waals surface area contributed by atoms with Crippen molar-refractivity contribution in [2.24, 2.45) is 0 Å². The average molecular weight is 204 g/mol. The molecule has 0 N–H and O–H groups in total. The Kier molecular flexibility index (Phi) is 2.79. The van der Waals surface area contributed by atoms with E-state index in [1.54, 1.807) is 6.92 Å². The molecule has 1 heterocycles. The van der Waals surface area contributed by atoms with Gasteiger partial charge in [-0.1, -0.05) is 11.1 Å². The summed E-state index contributed by atoms with van der Waals surface area (Å²) in [4.78, 5) is 3.53. The number of nitrogens with zero attached hydrogens (tertiary/aromatic N) is 2. The maximum Gasteiger partial charge on any atom is 0.397 e. The molecule has 0 aromatic carbocycles. The molecule has 0 amide bonds. The molecule has 0 radical (unpaired) electrons. The van der Waals surface area contributed by atoms with Crippen LogP contribution in [0, 0.1) is 12.3 Å². The van der Waals surface area contributed by atoms with E-state index in [0.29, 0.717) is 0 Å². The Morgan fingerprint density at radius 3 is 2.71 bits per heavy atom. The fraction of sp³-hybridized carbons (Fsp3) is 0.500. The summed E-state index contributed by atoms with van der Waals surface area (Å²) < 4.78 is 40.0. The van der Waals surface area contributed by atoms with Gasteiger partial charge in [-0.05, 0) is 6.92 Å². The van der Waals surface area contributed by atoms with Crippen LogP contribution in [0.3, 0.4) is 0 Å². The van der Waals surface area contributed by atoms with Crippen molar-refractivity contribution < 1.29 is 17.7 Å². The van der Waals surface area contributed by atoms with Gasteiger partial charge in [-0.25, -0.2) is 0 Å². The van der Waals surface area contributed by atoms with Gasteiger partial charge in [-0.3, -0.25) is 0 Å². The van der Waals surface area contributed by atoms with Crippen molar-refractivity contribution in [3.63, 3.8) is 0 Å². The molecule has 1 atom stereocenters. The molecule has 14 heavy (non-hydrogen) atoms. The number of aromatic nitrogens is 2. The zero-order valence-corrected chi connectivity index (χ0v) is 7.30. The molecule has 0 bridgehead atoms. The summed E-state index contributed by atoms with van der Waals surface area (Å²) in [5.41, 5.74) is 0. The van der Waals surface area contributed by atoms with Gasteiger partial charge in [0.2, 0.25) is 5.89 Å². The molecule has 1 aromatic heterocycles. The highest BCUT2D eigenvalue weighted by Crippen LogP contribution is 2.21. The van der Waals surface area contributed by atoms with Gasteiger partial charge in [0.15, 0.2) is 5.82 Å². The zero-order chi connectivity index (χ0) is 10.8. The Hall–Kier alpha value is -1.51. The van der Waals surface area contributed by atoms with Crippen LogP contribution in [0.2, 0.25) is 0 Å². The first-order valence-electron chi connectivity index (χ1n) is 3.77. The Morgan fingerprint density at radius 2 is 2.21 bits per heavy atom. The summed E-state index contributed by atoms with van der Waals surface area (Å²) in [5, 5.41) is 3.34. The van der Waals surface area contributed by atoms with Crippen LogP contribution < -0.4 is 0 Å². The van der Waals surface area contributed by atoms with Crippen molar-refractivity contribution >= 4 is 0 Å². The third-order valence-electron chi connectivity index (χ3n) is 1.47. The molecule has 1 aromatic rings. The monoisotopic (exact) mass is 204 g/mol. The summed E-state index contributed by atoms with van der Waals surface area (Å²) in [7, 11) is 0. The van der Waals surface area contributed by atoms with Crippen LogP contribution in [0.1, 0.15) is 24.6 Å². The molecule has 0 fully saturated rings. The fourth-order valence-corrected chi connectivity index (χ4v) is 0.762. The number of rotatable bonds is 2. The van der Waals surface area contributed by atoms with Crippen molar-refractivity contribution in [2.75, 3.05) is 0 Å². The van der Waals surface area contributed by atoms with Gasteiger partial charge >= 0.3 is 6.18 Å². The second-order valence-electron chi connectivity index (χ2n) is 2.73. The molecule has 0 saturated carbocycles. The number of hydrogen-bond acceptors (Lipinski definition) is 3. The van der Waals surface area contributed by atoms with Crippen molar-refractivity contribution in [3.8, 4) is 12.3 Å². The van der Waals surface area contributed by atoms with Crippen LogP contribution in [0.25, 0.3) is 0 Å². The molecular formula is C8H7F3N2O. The SMILES string of the molecule is C#C[C@@H](C)c1noc(CC(F)(F)F)n1. The van der Waals surface area contributed by atoms with Crippen LogP contribution in [0.15, 0.2) is 4.52 Å². The second-order valence-corrected chi connectivity index (χ2v) is 2.73. The van der Waals surface area contributed by atoms with E-state index in [4.69, 9.17) is 6.42 Å². The van der Waals surface area contributed by atoms with Gasteiger partial charge in [-0.15, -0.1) is 6.42 Å². The van der Waals surface area contributed by atoms with Crippen LogP contribution in [-0.2, 0) is 6.42 Å². The summed E-state index contributed by atoms with van der Waals surface area (Å²) in [6, 6.07) is 0. The number of terminal acetylenes is 1. The number of hydrogen-bond donors (Lipinski definition) is 0. The van der Waals surface area contributed by atoms with E-state index in [9.17, 15) is 13.2 Å².